The number of hydrogen-bond acceptors (Lipinski definition) is 5. The molecule has 0 aliphatic carbocycles. The van der Waals surface area contributed by atoms with Gasteiger partial charge in [0.15, 0.2) is 0 Å². The molecule has 0 saturated heterocycles. The minimum atomic E-state index is -0.840. The molecule has 1 amide bonds. The van der Waals surface area contributed by atoms with Gasteiger partial charge in [0.25, 0.3) is 5.91 Å². The Morgan fingerprint density at radius 1 is 1.13 bits per heavy atom. The van der Waals surface area contributed by atoms with Crippen LogP contribution < -0.4 is 15.0 Å². The van der Waals surface area contributed by atoms with Gasteiger partial charge in [0.2, 0.25) is 0 Å². The molecule has 2 aromatic carbocycles. The average molecular weight is 438 g/mol. The second-order valence-electron chi connectivity index (χ2n) is 8.09. The molecule has 1 aliphatic rings. The Kier molecular flexibility index (Phi) is 5.85. The van der Waals surface area contributed by atoms with E-state index >= 15 is 0 Å². The smallest absolute Gasteiger partial charge is 0.262 e. The summed E-state index contributed by atoms with van der Waals surface area (Å²) in [6.07, 6.45) is 1.65. The molecule has 31 heavy (non-hydrogen) atoms. The zero-order valence-corrected chi connectivity index (χ0v) is 18.2. The Morgan fingerprint density at radius 2 is 1.87 bits per heavy atom. The van der Waals surface area contributed by atoms with Crippen LogP contribution in [0.25, 0.3) is 11.1 Å². The third-order valence-corrected chi connectivity index (χ3v) is 5.22. The van der Waals surface area contributed by atoms with E-state index in [2.05, 4.69) is 10.3 Å². The molecule has 0 fully saturated rings. The maximum absolute atomic E-state index is 13.2. The van der Waals surface area contributed by atoms with Crippen LogP contribution in [-0.4, -0.2) is 41.3 Å². The highest BCUT2D eigenvalue weighted by Crippen LogP contribution is 2.31. The minimum absolute atomic E-state index is 0.130. The van der Waals surface area contributed by atoms with Gasteiger partial charge in [-0.15, -0.1) is 0 Å². The number of carbonyl (C=O) groups excluding carboxylic acids is 1. The van der Waals surface area contributed by atoms with Gasteiger partial charge >= 0.3 is 0 Å². The summed E-state index contributed by atoms with van der Waals surface area (Å²) in [4.78, 5) is 19.3. The molecule has 0 bridgehead atoms. The van der Waals surface area contributed by atoms with Crippen molar-refractivity contribution in [2.75, 3.05) is 29.9 Å². The van der Waals surface area contributed by atoms with Gasteiger partial charge in [0.1, 0.15) is 18.2 Å². The second-order valence-corrected chi connectivity index (χ2v) is 8.53. The summed E-state index contributed by atoms with van der Waals surface area (Å²) in [5.41, 5.74) is 2.33. The molecule has 0 atom stereocenters. The van der Waals surface area contributed by atoms with Gasteiger partial charge in [-0.3, -0.25) is 4.79 Å². The van der Waals surface area contributed by atoms with Crippen LogP contribution in [0.4, 0.5) is 11.5 Å². The Morgan fingerprint density at radius 3 is 2.55 bits per heavy atom. The first-order chi connectivity index (χ1) is 14.8. The van der Waals surface area contributed by atoms with Gasteiger partial charge in [0.05, 0.1) is 29.6 Å². The summed E-state index contributed by atoms with van der Waals surface area (Å²) in [7, 11) is 0. The number of nitrogens with one attached hydrogen (secondary N) is 1. The molecule has 6 nitrogen and oxygen atoms in total. The molecular formula is C24H24ClN3O3. The average Bonchev–Trinajstić information content (AvgIpc) is 2.91. The first kappa shape index (κ1) is 21.2. The standard InChI is InChI=1S/C24H24ClN3O3/c1-24(2,30)15-27-22-10-8-19(14-26-22)28-11-12-31-21-13-17(5-9-20(21)23(28)29)16-3-6-18(25)7-4-16/h3-10,13-14,30H,11-12,15H2,1-2H3,(H,26,27). The molecule has 0 unspecified atom stereocenters. The lowest BCUT2D eigenvalue weighted by Crippen LogP contribution is -2.32. The summed E-state index contributed by atoms with van der Waals surface area (Å²) in [5.74, 6) is 1.07. The number of ether oxygens (including phenoxy) is 1. The van der Waals surface area contributed by atoms with E-state index in [1.807, 2.05) is 42.5 Å². The quantitative estimate of drug-likeness (QED) is 0.609. The van der Waals surface area contributed by atoms with Gasteiger partial charge in [-0.1, -0.05) is 29.8 Å². The van der Waals surface area contributed by atoms with Crippen molar-refractivity contribution in [3.8, 4) is 16.9 Å². The Balaban J connectivity index is 1.55. The number of aliphatic hydroxyl groups is 1. The predicted molar refractivity (Wildman–Crippen MR) is 123 cm³/mol. The number of benzene rings is 2. The number of hydrogen-bond donors (Lipinski definition) is 2. The zero-order valence-electron chi connectivity index (χ0n) is 17.4. The number of nitrogens with zero attached hydrogens (tertiary/aromatic N) is 2. The van der Waals surface area contributed by atoms with Crippen molar-refractivity contribution in [3.05, 3.63) is 71.4 Å². The van der Waals surface area contributed by atoms with Crippen molar-refractivity contribution in [1.29, 1.82) is 0 Å². The molecule has 160 valence electrons. The summed E-state index contributed by atoms with van der Waals surface area (Å²) >= 11 is 5.98. The molecule has 1 aliphatic heterocycles. The van der Waals surface area contributed by atoms with Crippen LogP contribution in [0.15, 0.2) is 60.8 Å². The highest BCUT2D eigenvalue weighted by molar-refractivity contribution is 6.30. The number of fused-ring (bicyclic) bond motifs is 1. The van der Waals surface area contributed by atoms with E-state index in [-0.39, 0.29) is 5.91 Å². The molecule has 0 radical (unpaired) electrons. The molecule has 4 rings (SSSR count). The predicted octanol–water partition coefficient (Wildman–Crippen LogP) is 4.62. The fourth-order valence-corrected chi connectivity index (χ4v) is 3.46. The van der Waals surface area contributed by atoms with Gasteiger partial charge in [0, 0.05) is 11.6 Å². The minimum Gasteiger partial charge on any atom is -0.491 e. The van der Waals surface area contributed by atoms with Crippen LogP contribution in [0.2, 0.25) is 5.02 Å². The molecule has 7 heteroatoms. The van der Waals surface area contributed by atoms with Crippen LogP contribution in [0.3, 0.4) is 0 Å². The Labute approximate surface area is 186 Å². The van der Waals surface area contributed by atoms with Crippen LogP contribution >= 0.6 is 11.6 Å². The number of carbonyl (C=O) groups is 1. The van der Waals surface area contributed by atoms with Gasteiger partial charge < -0.3 is 20.1 Å². The number of aromatic nitrogens is 1. The number of anilines is 2. The van der Waals surface area contributed by atoms with Crippen LogP contribution in [-0.2, 0) is 0 Å². The normalized spacial score (nSPS) is 13.9. The van der Waals surface area contributed by atoms with E-state index in [4.69, 9.17) is 16.3 Å². The van der Waals surface area contributed by atoms with E-state index in [1.54, 1.807) is 37.1 Å². The zero-order chi connectivity index (χ0) is 22.0. The third-order valence-electron chi connectivity index (χ3n) is 4.97. The van der Waals surface area contributed by atoms with E-state index in [0.29, 0.717) is 47.5 Å². The largest absolute Gasteiger partial charge is 0.491 e. The van der Waals surface area contributed by atoms with Crippen molar-refractivity contribution < 1.29 is 14.6 Å². The SMILES string of the molecule is CC(C)(O)CNc1ccc(N2CCOc3cc(-c4ccc(Cl)cc4)ccc3C2=O)cn1. The highest BCUT2D eigenvalue weighted by atomic mass is 35.5. The maximum atomic E-state index is 13.2. The monoisotopic (exact) mass is 437 g/mol. The first-order valence-corrected chi connectivity index (χ1v) is 10.4. The maximum Gasteiger partial charge on any atom is 0.262 e. The highest BCUT2D eigenvalue weighted by Gasteiger charge is 2.25. The Hall–Kier alpha value is -3.09. The van der Waals surface area contributed by atoms with Crippen molar-refractivity contribution in [3.63, 3.8) is 0 Å². The van der Waals surface area contributed by atoms with E-state index in [1.165, 1.54) is 0 Å². The molecule has 2 heterocycles. The topological polar surface area (TPSA) is 74.7 Å². The van der Waals surface area contributed by atoms with E-state index in [0.717, 1.165) is 11.1 Å². The van der Waals surface area contributed by atoms with E-state index in [9.17, 15) is 9.90 Å². The molecule has 2 N–H and O–H groups in total. The van der Waals surface area contributed by atoms with Gasteiger partial charge in [-0.05, 0) is 61.4 Å². The second kappa shape index (κ2) is 8.57. The lowest BCUT2D eigenvalue weighted by atomic mass is 10.0. The molecule has 1 aromatic heterocycles. The Bertz CT molecular complexity index is 1080. The number of amides is 1. The fourth-order valence-electron chi connectivity index (χ4n) is 3.34. The first-order valence-electron chi connectivity index (χ1n) is 10.1. The van der Waals surface area contributed by atoms with E-state index < -0.39 is 5.60 Å². The van der Waals surface area contributed by atoms with Crippen molar-refractivity contribution in [2.45, 2.75) is 19.4 Å². The van der Waals surface area contributed by atoms with Crippen molar-refractivity contribution >= 4 is 29.0 Å². The van der Waals surface area contributed by atoms with Crippen LogP contribution in [0.1, 0.15) is 24.2 Å². The summed E-state index contributed by atoms with van der Waals surface area (Å²) < 4.78 is 5.91. The number of rotatable bonds is 5. The van der Waals surface area contributed by atoms with Crippen LogP contribution in [0.5, 0.6) is 5.75 Å². The summed E-state index contributed by atoms with van der Waals surface area (Å²) in [5, 5.41) is 13.6. The molecule has 3 aromatic rings. The fraction of sp³-hybridized carbons (Fsp3) is 0.250. The third kappa shape index (κ3) is 4.98. The molecular weight excluding hydrogens is 414 g/mol. The summed E-state index contributed by atoms with van der Waals surface area (Å²) in [6, 6.07) is 16.8. The van der Waals surface area contributed by atoms with Crippen LogP contribution in [0, 0.1) is 0 Å². The summed E-state index contributed by atoms with van der Waals surface area (Å²) in [6.45, 7) is 4.61. The van der Waals surface area contributed by atoms with Crippen molar-refractivity contribution in [2.24, 2.45) is 0 Å². The van der Waals surface area contributed by atoms with Crippen molar-refractivity contribution in [1.82, 2.24) is 4.98 Å². The lowest BCUT2D eigenvalue weighted by molar-refractivity contribution is 0.0943. The molecule has 0 spiro atoms. The number of pyridine rings is 1. The molecule has 0 saturated carbocycles. The van der Waals surface area contributed by atoms with Gasteiger partial charge in [-0.2, -0.15) is 0 Å². The van der Waals surface area contributed by atoms with Gasteiger partial charge in [-0.25, -0.2) is 4.98 Å². The number of halogens is 1. The lowest BCUT2D eigenvalue weighted by Gasteiger charge is -2.21.